The van der Waals surface area contributed by atoms with Gasteiger partial charge in [-0.25, -0.2) is 13.1 Å². The average Bonchev–Trinajstić information content (AvgIpc) is 2.63. The molecular formula is C10H16N2O2S3. The van der Waals surface area contributed by atoms with Gasteiger partial charge in [0, 0.05) is 17.3 Å². The van der Waals surface area contributed by atoms with Crippen molar-refractivity contribution in [1.82, 2.24) is 4.72 Å². The van der Waals surface area contributed by atoms with Gasteiger partial charge in [0.25, 0.3) is 0 Å². The molecule has 1 heterocycles. The highest BCUT2D eigenvalue weighted by Crippen LogP contribution is 2.22. The van der Waals surface area contributed by atoms with Crippen LogP contribution in [0.2, 0.25) is 0 Å². The van der Waals surface area contributed by atoms with E-state index >= 15 is 0 Å². The third-order valence-corrected chi connectivity index (χ3v) is 5.59. The summed E-state index contributed by atoms with van der Waals surface area (Å²) in [6.07, 6.45) is 1.20. The molecule has 1 unspecified atom stereocenters. The first kappa shape index (κ1) is 14.6. The van der Waals surface area contributed by atoms with Gasteiger partial charge < -0.3 is 5.73 Å². The molecule has 4 nitrogen and oxygen atoms in total. The van der Waals surface area contributed by atoms with Crippen LogP contribution in [0.1, 0.15) is 25.1 Å². The van der Waals surface area contributed by atoms with Crippen molar-refractivity contribution in [2.45, 2.75) is 36.9 Å². The van der Waals surface area contributed by atoms with Gasteiger partial charge in [-0.15, -0.1) is 11.3 Å². The van der Waals surface area contributed by atoms with Crippen LogP contribution in [0.4, 0.5) is 0 Å². The van der Waals surface area contributed by atoms with Crippen molar-refractivity contribution in [1.29, 1.82) is 0 Å². The minimum Gasteiger partial charge on any atom is -0.393 e. The van der Waals surface area contributed by atoms with E-state index in [1.54, 1.807) is 13.0 Å². The first-order valence-corrected chi connectivity index (χ1v) is 7.95. The van der Waals surface area contributed by atoms with Crippen molar-refractivity contribution in [3.8, 4) is 0 Å². The second-order valence-electron chi connectivity index (χ2n) is 3.77. The Labute approximate surface area is 111 Å². The quantitative estimate of drug-likeness (QED) is 0.782. The average molecular weight is 292 g/mol. The summed E-state index contributed by atoms with van der Waals surface area (Å²) < 4.78 is 26.8. The molecule has 0 aliphatic heterocycles. The normalized spacial score (nSPS) is 13.5. The van der Waals surface area contributed by atoms with Crippen molar-refractivity contribution in [3.63, 3.8) is 0 Å². The fourth-order valence-corrected chi connectivity index (χ4v) is 4.16. The molecule has 0 aromatic carbocycles. The molecule has 3 N–H and O–H groups in total. The second-order valence-corrected chi connectivity index (χ2v) is 7.40. The van der Waals surface area contributed by atoms with Crippen LogP contribution in [-0.4, -0.2) is 19.4 Å². The molecule has 1 rings (SSSR count). The van der Waals surface area contributed by atoms with E-state index in [2.05, 4.69) is 4.72 Å². The molecule has 0 saturated heterocycles. The maximum absolute atomic E-state index is 12.0. The van der Waals surface area contributed by atoms with Crippen LogP contribution >= 0.6 is 23.6 Å². The molecule has 0 aliphatic carbocycles. The Hall–Kier alpha value is -0.500. The lowest BCUT2D eigenvalue weighted by molar-refractivity contribution is 0.567. The number of nitrogens with two attached hydrogens (primary N) is 1. The molecule has 0 aliphatic rings. The van der Waals surface area contributed by atoms with Gasteiger partial charge in [-0.3, -0.25) is 0 Å². The monoisotopic (exact) mass is 292 g/mol. The Morgan fingerprint density at radius 2 is 2.24 bits per heavy atom. The van der Waals surface area contributed by atoms with E-state index in [1.165, 1.54) is 11.3 Å². The first-order valence-electron chi connectivity index (χ1n) is 5.24. The molecule has 17 heavy (non-hydrogen) atoms. The summed E-state index contributed by atoms with van der Waals surface area (Å²) in [5, 5.41) is 0. The fourth-order valence-electron chi connectivity index (χ4n) is 1.36. The Bertz CT molecular complexity index is 493. The van der Waals surface area contributed by atoms with Crippen molar-refractivity contribution in [3.05, 3.63) is 17.0 Å². The van der Waals surface area contributed by atoms with E-state index in [-0.39, 0.29) is 6.04 Å². The SMILES string of the molecule is CCc1ccc(S(=O)(=O)NC(C)CC(N)=S)s1. The van der Waals surface area contributed by atoms with Gasteiger partial charge in [-0.05, 0) is 25.5 Å². The molecule has 96 valence electrons. The number of aryl methyl sites for hydroxylation is 1. The van der Waals surface area contributed by atoms with Crippen LogP contribution in [-0.2, 0) is 16.4 Å². The van der Waals surface area contributed by atoms with E-state index in [9.17, 15) is 8.42 Å². The van der Waals surface area contributed by atoms with Crippen LogP contribution in [0, 0.1) is 0 Å². The minimum atomic E-state index is -3.44. The first-order chi connectivity index (χ1) is 7.85. The van der Waals surface area contributed by atoms with E-state index in [0.29, 0.717) is 15.6 Å². The molecule has 0 amide bonds. The topological polar surface area (TPSA) is 72.2 Å². The predicted octanol–water partition coefficient (Wildman–Crippen LogP) is 1.65. The van der Waals surface area contributed by atoms with Crippen LogP contribution in [0.3, 0.4) is 0 Å². The zero-order valence-corrected chi connectivity index (χ0v) is 12.2. The largest absolute Gasteiger partial charge is 0.393 e. The summed E-state index contributed by atoms with van der Waals surface area (Å²) >= 11 is 6.03. The highest BCUT2D eigenvalue weighted by Gasteiger charge is 2.19. The minimum absolute atomic E-state index is 0.287. The fraction of sp³-hybridized carbons (Fsp3) is 0.500. The molecule has 0 saturated carbocycles. The Morgan fingerprint density at radius 1 is 1.59 bits per heavy atom. The molecule has 0 radical (unpaired) electrons. The Balaban J connectivity index is 2.78. The predicted molar refractivity (Wildman–Crippen MR) is 74.9 cm³/mol. The molecule has 7 heteroatoms. The number of hydrogen-bond donors (Lipinski definition) is 2. The van der Waals surface area contributed by atoms with Crippen molar-refractivity contribution in [2.75, 3.05) is 0 Å². The number of nitrogens with one attached hydrogen (secondary N) is 1. The maximum atomic E-state index is 12.0. The van der Waals surface area contributed by atoms with Crippen molar-refractivity contribution < 1.29 is 8.42 Å². The van der Waals surface area contributed by atoms with Crippen LogP contribution in [0.5, 0.6) is 0 Å². The van der Waals surface area contributed by atoms with Gasteiger partial charge in [0.1, 0.15) is 4.21 Å². The van der Waals surface area contributed by atoms with Gasteiger partial charge in [-0.1, -0.05) is 19.1 Å². The molecular weight excluding hydrogens is 276 g/mol. The zero-order valence-electron chi connectivity index (χ0n) is 9.76. The van der Waals surface area contributed by atoms with Crippen molar-refractivity contribution in [2.24, 2.45) is 5.73 Å². The summed E-state index contributed by atoms with van der Waals surface area (Å²) in [6.45, 7) is 3.73. The summed E-state index contributed by atoms with van der Waals surface area (Å²) in [7, 11) is -3.44. The number of hydrogen-bond acceptors (Lipinski definition) is 4. The summed E-state index contributed by atoms with van der Waals surface area (Å²) in [6, 6.07) is 3.17. The van der Waals surface area contributed by atoms with E-state index < -0.39 is 10.0 Å². The number of thiocarbonyl (C=S) groups is 1. The Kier molecular flexibility index (Phi) is 5.05. The summed E-state index contributed by atoms with van der Waals surface area (Å²) in [5.74, 6) is 0. The highest BCUT2D eigenvalue weighted by molar-refractivity contribution is 7.91. The van der Waals surface area contributed by atoms with Gasteiger partial charge in [0.15, 0.2) is 0 Å². The van der Waals surface area contributed by atoms with Gasteiger partial charge >= 0.3 is 0 Å². The molecule has 0 spiro atoms. The standard InChI is InChI=1S/C10H16N2O2S3/c1-3-8-4-5-10(16-8)17(13,14)12-7(2)6-9(11)15/h4-5,7,12H,3,6H2,1-2H3,(H2,11,15). The van der Waals surface area contributed by atoms with Crippen LogP contribution < -0.4 is 10.5 Å². The molecule has 0 bridgehead atoms. The second kappa shape index (κ2) is 5.90. The highest BCUT2D eigenvalue weighted by atomic mass is 32.2. The third-order valence-electron chi connectivity index (χ3n) is 2.11. The lowest BCUT2D eigenvalue weighted by Gasteiger charge is -2.12. The number of thiophene rings is 1. The molecule has 1 aromatic heterocycles. The van der Waals surface area contributed by atoms with Crippen LogP contribution in [0.25, 0.3) is 0 Å². The lowest BCUT2D eigenvalue weighted by Crippen LogP contribution is -2.34. The number of sulfonamides is 1. The summed E-state index contributed by atoms with van der Waals surface area (Å²) in [4.78, 5) is 1.35. The van der Waals surface area contributed by atoms with Gasteiger partial charge in [0.05, 0.1) is 4.99 Å². The zero-order chi connectivity index (χ0) is 13.1. The van der Waals surface area contributed by atoms with Crippen molar-refractivity contribution >= 4 is 38.6 Å². The molecule has 0 fully saturated rings. The smallest absolute Gasteiger partial charge is 0.250 e. The van der Waals surface area contributed by atoms with Gasteiger partial charge in [0.2, 0.25) is 10.0 Å². The lowest BCUT2D eigenvalue weighted by atomic mass is 10.3. The van der Waals surface area contributed by atoms with E-state index in [4.69, 9.17) is 18.0 Å². The van der Waals surface area contributed by atoms with Crippen LogP contribution in [0.15, 0.2) is 16.3 Å². The summed E-state index contributed by atoms with van der Waals surface area (Å²) in [5.41, 5.74) is 5.38. The van der Waals surface area contributed by atoms with E-state index in [1.807, 2.05) is 13.0 Å². The number of rotatable bonds is 6. The third kappa shape index (κ3) is 4.34. The molecule has 1 atom stereocenters. The molecule has 1 aromatic rings. The maximum Gasteiger partial charge on any atom is 0.250 e. The van der Waals surface area contributed by atoms with E-state index in [0.717, 1.165) is 11.3 Å². The van der Waals surface area contributed by atoms with Gasteiger partial charge in [-0.2, -0.15) is 0 Å². The Morgan fingerprint density at radius 3 is 2.71 bits per heavy atom.